The molecule has 0 aromatic rings. The van der Waals surface area contributed by atoms with Crippen LogP contribution in [0.15, 0.2) is 12.2 Å². The van der Waals surface area contributed by atoms with Crippen LogP contribution < -0.4 is 0 Å². The first kappa shape index (κ1) is 15.4. The lowest BCUT2D eigenvalue weighted by Crippen LogP contribution is -2.24. The number of carbonyl (C=O) groups is 1. The number of hydrogen-bond donors (Lipinski definition) is 0. The van der Waals surface area contributed by atoms with Crippen LogP contribution in [-0.2, 0) is 14.3 Å². The van der Waals surface area contributed by atoms with Crippen molar-refractivity contribution in [3.8, 4) is 0 Å². The minimum Gasteiger partial charge on any atom is -0.348 e. The molecule has 0 aliphatic carbocycles. The third kappa shape index (κ3) is 6.92. The van der Waals surface area contributed by atoms with Crippen molar-refractivity contribution >= 4 is 6.29 Å². The number of aldehydes is 1. The van der Waals surface area contributed by atoms with Crippen LogP contribution in [0.5, 0.6) is 0 Å². The van der Waals surface area contributed by atoms with Gasteiger partial charge in [0.25, 0.3) is 0 Å². The molecule has 0 aromatic carbocycles. The van der Waals surface area contributed by atoms with Crippen molar-refractivity contribution in [1.29, 1.82) is 0 Å². The number of rotatable bonds is 10. The van der Waals surface area contributed by atoms with Gasteiger partial charge in [-0.15, -0.1) is 0 Å². The van der Waals surface area contributed by atoms with E-state index in [2.05, 4.69) is 12.2 Å². The normalized spacial score (nSPS) is 18.5. The molecule has 1 aliphatic heterocycles. The Bertz CT molecular complexity index is 242. The zero-order chi connectivity index (χ0) is 13.1. The van der Waals surface area contributed by atoms with Crippen molar-refractivity contribution in [2.24, 2.45) is 0 Å². The van der Waals surface area contributed by atoms with E-state index in [9.17, 15) is 4.79 Å². The van der Waals surface area contributed by atoms with Gasteiger partial charge in [-0.25, -0.2) is 0 Å². The highest BCUT2D eigenvalue weighted by Gasteiger charge is 2.29. The van der Waals surface area contributed by atoms with E-state index < -0.39 is 0 Å². The van der Waals surface area contributed by atoms with E-state index in [4.69, 9.17) is 9.47 Å². The largest absolute Gasteiger partial charge is 0.348 e. The highest BCUT2D eigenvalue weighted by atomic mass is 16.7. The van der Waals surface area contributed by atoms with Crippen molar-refractivity contribution < 1.29 is 14.3 Å². The molecule has 3 nitrogen and oxygen atoms in total. The molecule has 18 heavy (non-hydrogen) atoms. The van der Waals surface area contributed by atoms with Crippen LogP contribution in [0.3, 0.4) is 0 Å². The van der Waals surface area contributed by atoms with Crippen LogP contribution in [0.25, 0.3) is 0 Å². The Kier molecular flexibility index (Phi) is 7.94. The number of hydrogen-bond acceptors (Lipinski definition) is 3. The molecular formula is C15H26O3. The second kappa shape index (κ2) is 9.29. The summed E-state index contributed by atoms with van der Waals surface area (Å²) >= 11 is 0. The molecule has 104 valence electrons. The predicted octanol–water partition coefficient (Wildman–Crippen LogP) is 3.63. The summed E-state index contributed by atoms with van der Waals surface area (Å²) in [5.41, 5.74) is 0. The van der Waals surface area contributed by atoms with E-state index in [-0.39, 0.29) is 5.79 Å². The fourth-order valence-electron chi connectivity index (χ4n) is 2.14. The van der Waals surface area contributed by atoms with Gasteiger partial charge in [-0.05, 0) is 39.0 Å². The molecule has 0 aromatic heterocycles. The SMILES string of the molecule is CC1(CCCCC/C=C\CCCC=O)OCCO1. The first-order valence-corrected chi connectivity index (χ1v) is 7.13. The maximum atomic E-state index is 10.1. The minimum atomic E-state index is -0.315. The van der Waals surface area contributed by atoms with Gasteiger partial charge < -0.3 is 14.3 Å². The van der Waals surface area contributed by atoms with E-state index in [1.165, 1.54) is 12.8 Å². The summed E-state index contributed by atoms with van der Waals surface area (Å²) < 4.78 is 11.1. The molecule has 0 radical (unpaired) electrons. The summed E-state index contributed by atoms with van der Waals surface area (Å²) in [6, 6.07) is 0. The molecule has 0 unspecified atom stereocenters. The van der Waals surface area contributed by atoms with Gasteiger partial charge in [0, 0.05) is 12.8 Å². The van der Waals surface area contributed by atoms with Gasteiger partial charge in [-0.2, -0.15) is 0 Å². The van der Waals surface area contributed by atoms with Gasteiger partial charge in [-0.1, -0.05) is 18.6 Å². The second-order valence-electron chi connectivity index (χ2n) is 5.00. The third-order valence-electron chi connectivity index (χ3n) is 3.26. The number of carbonyl (C=O) groups excluding carboxylic acids is 1. The average Bonchev–Trinajstić information content (AvgIpc) is 2.79. The molecule has 1 fully saturated rings. The van der Waals surface area contributed by atoms with Gasteiger partial charge in [-0.3, -0.25) is 0 Å². The Balaban J connectivity index is 1.87. The van der Waals surface area contributed by atoms with Crippen LogP contribution in [0, 0.1) is 0 Å². The second-order valence-corrected chi connectivity index (χ2v) is 5.00. The smallest absolute Gasteiger partial charge is 0.165 e. The maximum Gasteiger partial charge on any atom is 0.165 e. The molecule has 0 bridgehead atoms. The Labute approximate surface area is 111 Å². The Morgan fingerprint density at radius 2 is 1.61 bits per heavy atom. The lowest BCUT2D eigenvalue weighted by molar-refractivity contribution is -0.147. The summed E-state index contributed by atoms with van der Waals surface area (Å²) in [6.07, 6.45) is 13.8. The van der Waals surface area contributed by atoms with E-state index in [1.807, 2.05) is 6.92 Å². The summed E-state index contributed by atoms with van der Waals surface area (Å²) in [6.45, 7) is 3.51. The fraction of sp³-hybridized carbons (Fsp3) is 0.800. The summed E-state index contributed by atoms with van der Waals surface area (Å²) in [5, 5.41) is 0. The fourth-order valence-corrected chi connectivity index (χ4v) is 2.14. The van der Waals surface area contributed by atoms with Crippen molar-refractivity contribution in [3.05, 3.63) is 12.2 Å². The summed E-state index contributed by atoms with van der Waals surface area (Å²) in [4.78, 5) is 10.1. The highest BCUT2D eigenvalue weighted by Crippen LogP contribution is 2.25. The first-order chi connectivity index (χ1) is 8.77. The van der Waals surface area contributed by atoms with Gasteiger partial charge in [0.15, 0.2) is 5.79 Å². The molecule has 1 aliphatic rings. The minimum absolute atomic E-state index is 0.315. The zero-order valence-corrected chi connectivity index (χ0v) is 11.5. The number of unbranched alkanes of at least 4 members (excludes halogenated alkanes) is 5. The van der Waals surface area contributed by atoms with Crippen molar-refractivity contribution in [2.45, 2.75) is 64.1 Å². The van der Waals surface area contributed by atoms with Gasteiger partial charge in [0.2, 0.25) is 0 Å². The average molecular weight is 254 g/mol. The summed E-state index contributed by atoms with van der Waals surface area (Å²) in [5.74, 6) is -0.315. The molecule has 1 saturated heterocycles. The van der Waals surface area contributed by atoms with Crippen LogP contribution in [0.1, 0.15) is 58.3 Å². The molecule has 0 saturated carbocycles. The van der Waals surface area contributed by atoms with Crippen LogP contribution in [-0.4, -0.2) is 25.3 Å². The van der Waals surface area contributed by atoms with E-state index in [0.717, 1.165) is 51.6 Å². The van der Waals surface area contributed by atoms with Crippen molar-refractivity contribution in [3.63, 3.8) is 0 Å². The molecule has 0 N–H and O–H groups in total. The predicted molar refractivity (Wildman–Crippen MR) is 72.4 cm³/mol. The van der Waals surface area contributed by atoms with E-state index in [0.29, 0.717) is 6.42 Å². The van der Waals surface area contributed by atoms with Gasteiger partial charge in [0.1, 0.15) is 6.29 Å². The molecule has 0 atom stereocenters. The van der Waals surface area contributed by atoms with E-state index in [1.54, 1.807) is 0 Å². The quantitative estimate of drug-likeness (QED) is 0.339. The van der Waals surface area contributed by atoms with E-state index >= 15 is 0 Å². The topological polar surface area (TPSA) is 35.5 Å². The lowest BCUT2D eigenvalue weighted by Gasteiger charge is -2.21. The molecule has 0 amide bonds. The highest BCUT2D eigenvalue weighted by molar-refractivity contribution is 5.48. The Hall–Kier alpha value is -0.670. The summed E-state index contributed by atoms with van der Waals surface area (Å²) in [7, 11) is 0. The van der Waals surface area contributed by atoms with Crippen LogP contribution in [0.2, 0.25) is 0 Å². The zero-order valence-electron chi connectivity index (χ0n) is 11.5. The van der Waals surface area contributed by atoms with Gasteiger partial charge in [0.05, 0.1) is 13.2 Å². The third-order valence-corrected chi connectivity index (χ3v) is 3.26. The van der Waals surface area contributed by atoms with Crippen molar-refractivity contribution in [2.75, 3.05) is 13.2 Å². The monoisotopic (exact) mass is 254 g/mol. The number of ether oxygens (including phenoxy) is 2. The molecule has 0 spiro atoms. The number of allylic oxidation sites excluding steroid dienone is 2. The molecular weight excluding hydrogens is 228 g/mol. The van der Waals surface area contributed by atoms with Crippen molar-refractivity contribution in [1.82, 2.24) is 0 Å². The van der Waals surface area contributed by atoms with Crippen LogP contribution >= 0.6 is 0 Å². The Morgan fingerprint density at radius 3 is 2.28 bits per heavy atom. The lowest BCUT2D eigenvalue weighted by atomic mass is 10.1. The van der Waals surface area contributed by atoms with Crippen LogP contribution in [0.4, 0.5) is 0 Å². The van der Waals surface area contributed by atoms with Gasteiger partial charge >= 0.3 is 0 Å². The Morgan fingerprint density at radius 1 is 0.944 bits per heavy atom. The maximum absolute atomic E-state index is 10.1. The molecule has 1 rings (SSSR count). The standard InChI is InChI=1S/C15H26O3/c1-15(17-13-14-18-15)11-9-7-5-3-2-4-6-8-10-12-16/h2,4,12H,3,5-11,13-14H2,1H3/b4-2-. The molecule has 3 heteroatoms. The first-order valence-electron chi connectivity index (χ1n) is 7.13. The molecule has 1 heterocycles.